The van der Waals surface area contributed by atoms with Crippen molar-refractivity contribution < 1.29 is 0 Å². The van der Waals surface area contributed by atoms with Gasteiger partial charge in [-0.05, 0) is 57.8 Å². The number of aliphatic imine (C=N–C) groups is 1. The Bertz CT molecular complexity index is 3490. The van der Waals surface area contributed by atoms with E-state index in [-0.39, 0.29) is 6.17 Å². The molecule has 4 heterocycles. The van der Waals surface area contributed by atoms with Gasteiger partial charge in [0.1, 0.15) is 6.17 Å². The second-order valence-corrected chi connectivity index (χ2v) is 17.0. The van der Waals surface area contributed by atoms with Gasteiger partial charge in [-0.2, -0.15) is 0 Å². The lowest BCUT2D eigenvalue weighted by Crippen LogP contribution is -2.25. The highest BCUT2D eigenvalue weighted by Gasteiger charge is 2.24. The lowest BCUT2D eigenvalue weighted by atomic mass is 9.91. The van der Waals surface area contributed by atoms with Crippen molar-refractivity contribution in [3.8, 4) is 22.4 Å². The Hall–Kier alpha value is -6.92. The molecule has 11 aromatic rings. The second kappa shape index (κ2) is 13.3. The third kappa shape index (κ3) is 5.32. The molecule has 3 aromatic heterocycles. The van der Waals surface area contributed by atoms with Gasteiger partial charge in [0.2, 0.25) is 0 Å². The first-order valence-corrected chi connectivity index (χ1v) is 21.2. The zero-order valence-corrected chi connectivity index (χ0v) is 32.8. The van der Waals surface area contributed by atoms with Crippen molar-refractivity contribution in [1.29, 1.82) is 0 Å². The molecule has 1 N–H and O–H groups in total. The Morgan fingerprint density at radius 1 is 0.448 bits per heavy atom. The smallest absolute Gasteiger partial charge is 0.145 e. The van der Waals surface area contributed by atoms with Crippen molar-refractivity contribution in [3.05, 3.63) is 205 Å². The van der Waals surface area contributed by atoms with Crippen LogP contribution in [0.5, 0.6) is 0 Å². The third-order valence-corrected chi connectivity index (χ3v) is 13.9. The number of nitrogens with one attached hydrogen (secondary N) is 1. The van der Waals surface area contributed by atoms with Gasteiger partial charge in [-0.1, -0.05) is 158 Å². The first-order chi connectivity index (χ1) is 28.7. The Balaban J connectivity index is 1.04. The number of fused-ring (bicyclic) bond motifs is 9. The molecule has 0 aliphatic carbocycles. The molecule has 58 heavy (non-hydrogen) atoms. The van der Waals surface area contributed by atoms with E-state index in [1.165, 1.54) is 73.2 Å². The number of aromatic nitrogens is 1. The van der Waals surface area contributed by atoms with E-state index in [0.29, 0.717) is 0 Å². The number of benzene rings is 8. The first kappa shape index (κ1) is 33.2. The van der Waals surface area contributed by atoms with E-state index in [1.807, 2.05) is 22.7 Å². The number of para-hydroxylation sites is 1. The van der Waals surface area contributed by atoms with Crippen LogP contribution in [0.3, 0.4) is 0 Å². The predicted octanol–water partition coefficient (Wildman–Crippen LogP) is 14.6. The van der Waals surface area contributed by atoms with Gasteiger partial charge in [-0.3, -0.25) is 4.99 Å². The highest BCUT2D eigenvalue weighted by atomic mass is 32.1. The van der Waals surface area contributed by atoms with Gasteiger partial charge in [-0.15, -0.1) is 22.7 Å². The van der Waals surface area contributed by atoms with Crippen LogP contribution in [0.1, 0.15) is 22.9 Å². The van der Waals surface area contributed by atoms with Crippen LogP contribution in [0.2, 0.25) is 0 Å². The molecule has 8 aromatic carbocycles. The van der Waals surface area contributed by atoms with E-state index in [0.717, 1.165) is 39.3 Å². The maximum atomic E-state index is 5.43. The van der Waals surface area contributed by atoms with Gasteiger partial charge in [0, 0.05) is 68.1 Å². The van der Waals surface area contributed by atoms with Gasteiger partial charge in [-0.25, -0.2) is 4.98 Å². The van der Waals surface area contributed by atoms with Gasteiger partial charge in [0.15, 0.2) is 0 Å². The van der Waals surface area contributed by atoms with Crippen LogP contribution in [-0.4, -0.2) is 10.7 Å². The van der Waals surface area contributed by atoms with E-state index < -0.39 is 0 Å². The quantitative estimate of drug-likeness (QED) is 0.189. The summed E-state index contributed by atoms with van der Waals surface area (Å²) < 4.78 is 5.12. The zero-order chi connectivity index (χ0) is 38.2. The van der Waals surface area contributed by atoms with Crippen molar-refractivity contribution >= 4 is 96.1 Å². The van der Waals surface area contributed by atoms with Crippen LogP contribution < -0.4 is 5.32 Å². The molecule has 5 heteroatoms. The number of allylic oxidation sites excluding steroid dienone is 1. The Kier molecular flexibility index (Phi) is 7.65. The summed E-state index contributed by atoms with van der Waals surface area (Å²) in [5.74, 6) is 0. The molecule has 3 nitrogen and oxygen atoms in total. The van der Waals surface area contributed by atoms with E-state index in [2.05, 4.69) is 193 Å². The minimum absolute atomic E-state index is 0.239. The molecule has 1 aliphatic rings. The first-order valence-electron chi connectivity index (χ1n) is 19.6. The number of rotatable bonds is 5. The molecule has 0 radical (unpaired) electrons. The van der Waals surface area contributed by atoms with Crippen LogP contribution in [0.4, 0.5) is 0 Å². The highest BCUT2D eigenvalue weighted by molar-refractivity contribution is 7.27. The number of thiophene rings is 2. The van der Waals surface area contributed by atoms with Crippen LogP contribution in [0.25, 0.3) is 90.1 Å². The number of hydrogen-bond donors (Lipinski definition) is 1. The fourth-order valence-corrected chi connectivity index (χ4v) is 11.2. The standard InChI is InChI=1S/C53H33N3S2/c1-3-14-32(15-4-1)50-49-43-30-34(26-29-48(43)58-52(49)41-21-9-11-24-44(41)54-50)35-27-28-38(37-19-8-7-18-36(35)37)45-31-46(56-53(55-45)33-16-5-2-6-17-33)42-23-13-22-40-39-20-10-12-25-47(39)57-51(40)42/h1-31,53,56H. The van der Waals surface area contributed by atoms with Gasteiger partial charge >= 0.3 is 0 Å². The van der Waals surface area contributed by atoms with Crippen molar-refractivity contribution in [2.24, 2.45) is 4.99 Å². The van der Waals surface area contributed by atoms with E-state index in [9.17, 15) is 0 Å². The van der Waals surface area contributed by atoms with Crippen molar-refractivity contribution in [1.82, 2.24) is 10.3 Å². The van der Waals surface area contributed by atoms with Crippen LogP contribution in [0.15, 0.2) is 193 Å². The second-order valence-electron chi connectivity index (χ2n) is 14.9. The summed E-state index contributed by atoms with van der Waals surface area (Å²) in [6.45, 7) is 0. The lowest BCUT2D eigenvalue weighted by Gasteiger charge is -2.26. The largest absolute Gasteiger partial charge is 0.359 e. The zero-order valence-electron chi connectivity index (χ0n) is 31.2. The summed E-state index contributed by atoms with van der Waals surface area (Å²) in [7, 11) is 0. The maximum Gasteiger partial charge on any atom is 0.145 e. The third-order valence-electron chi connectivity index (χ3n) is 11.5. The number of nitrogens with zero attached hydrogens (tertiary/aromatic N) is 2. The van der Waals surface area contributed by atoms with Gasteiger partial charge in [0.05, 0.1) is 16.9 Å². The minimum atomic E-state index is -0.239. The normalized spacial score (nSPS) is 14.4. The average molecular weight is 776 g/mol. The molecule has 0 amide bonds. The number of pyridine rings is 1. The van der Waals surface area contributed by atoms with Crippen molar-refractivity contribution in [2.45, 2.75) is 6.17 Å². The maximum absolute atomic E-state index is 5.43. The molecule has 0 bridgehead atoms. The highest BCUT2D eigenvalue weighted by Crippen LogP contribution is 2.45. The van der Waals surface area contributed by atoms with Crippen molar-refractivity contribution in [2.75, 3.05) is 0 Å². The van der Waals surface area contributed by atoms with Crippen molar-refractivity contribution in [3.63, 3.8) is 0 Å². The fraction of sp³-hybridized carbons (Fsp3) is 0.0189. The lowest BCUT2D eigenvalue weighted by molar-refractivity contribution is 0.665. The SMILES string of the molecule is C1=C(c2cccc3c2sc2ccccc23)NC(c2ccccc2)N=C1c1ccc(-c2ccc3sc4c5ccccc5nc(-c5ccccc5)c4c3c2)c2ccccc12. The Morgan fingerprint density at radius 3 is 1.95 bits per heavy atom. The van der Waals surface area contributed by atoms with Crippen LogP contribution >= 0.6 is 22.7 Å². The van der Waals surface area contributed by atoms with E-state index in [4.69, 9.17) is 9.98 Å². The summed E-state index contributed by atoms with van der Waals surface area (Å²) in [6, 6.07) is 65.4. The molecule has 1 unspecified atom stereocenters. The van der Waals surface area contributed by atoms with Crippen LogP contribution in [0, 0.1) is 0 Å². The summed E-state index contributed by atoms with van der Waals surface area (Å²) in [5.41, 5.74) is 11.1. The molecule has 1 aliphatic heterocycles. The molecule has 0 saturated heterocycles. The molecule has 0 spiro atoms. The topological polar surface area (TPSA) is 37.3 Å². The summed E-state index contributed by atoms with van der Waals surface area (Å²) >= 11 is 3.72. The van der Waals surface area contributed by atoms with Crippen LogP contribution in [-0.2, 0) is 0 Å². The molecular formula is C53H33N3S2. The number of hydrogen-bond acceptors (Lipinski definition) is 5. The molecule has 0 fully saturated rings. The summed E-state index contributed by atoms with van der Waals surface area (Å²) in [6.07, 6.45) is 2.02. The molecular weight excluding hydrogens is 743 g/mol. The van der Waals surface area contributed by atoms with E-state index in [1.54, 1.807) is 0 Å². The molecule has 12 rings (SSSR count). The molecule has 272 valence electrons. The fourth-order valence-electron chi connectivity index (χ4n) is 8.80. The minimum Gasteiger partial charge on any atom is -0.359 e. The van der Waals surface area contributed by atoms with E-state index >= 15 is 0 Å². The molecule has 1 atom stereocenters. The average Bonchev–Trinajstić information content (AvgIpc) is 3.88. The van der Waals surface area contributed by atoms with Gasteiger partial charge < -0.3 is 5.32 Å². The Labute approximate surface area is 342 Å². The van der Waals surface area contributed by atoms with Gasteiger partial charge in [0.25, 0.3) is 0 Å². The Morgan fingerprint density at radius 2 is 1.10 bits per heavy atom. The predicted molar refractivity (Wildman–Crippen MR) is 249 cm³/mol. The summed E-state index contributed by atoms with van der Waals surface area (Å²) in [4.78, 5) is 10.7. The summed E-state index contributed by atoms with van der Waals surface area (Å²) in [5, 5.41) is 12.4. The monoisotopic (exact) mass is 775 g/mol. The molecule has 0 saturated carbocycles.